The highest BCUT2D eigenvalue weighted by Crippen LogP contribution is 2.41. The number of carbonyl (C=O) groups excluding carboxylic acids is 2. The monoisotopic (exact) mass is 1010 g/mol. The third kappa shape index (κ3) is 12.1. The maximum atomic E-state index is 14.2. The summed E-state index contributed by atoms with van der Waals surface area (Å²) in [6, 6.07) is 21.4. The fraction of sp³-hybridized carbons (Fsp3) is 0.388. The zero-order valence-electron chi connectivity index (χ0n) is 38.3. The molecule has 2 atom stereocenters. The number of piperazine rings is 2. The predicted molar refractivity (Wildman–Crippen MR) is 257 cm³/mol. The van der Waals surface area contributed by atoms with Crippen molar-refractivity contribution < 1.29 is 36.6 Å². The summed E-state index contributed by atoms with van der Waals surface area (Å²) in [5.74, 6) is -0.00535. The summed E-state index contributed by atoms with van der Waals surface area (Å²) >= 11 is 12.4. The Hall–Kier alpha value is -7.00. The van der Waals surface area contributed by atoms with Gasteiger partial charge in [0, 0.05) is 63.5 Å². The van der Waals surface area contributed by atoms with Crippen LogP contribution in [0.1, 0.15) is 39.2 Å². The molecule has 16 nitrogen and oxygen atoms in total. The number of hydrogen-bond acceptors (Lipinski definition) is 12. The van der Waals surface area contributed by atoms with Gasteiger partial charge in [-0.3, -0.25) is 9.80 Å². The van der Waals surface area contributed by atoms with E-state index in [0.29, 0.717) is 50.7 Å². The first-order chi connectivity index (χ1) is 34.3. The molecule has 0 aliphatic carbocycles. The Morgan fingerprint density at radius 2 is 1.20 bits per heavy atom. The molecule has 22 heteroatoms. The molecule has 0 saturated carbocycles. The second kappa shape index (κ2) is 22.8. The summed E-state index contributed by atoms with van der Waals surface area (Å²) in [5.41, 5.74) is 3.37. The van der Waals surface area contributed by atoms with E-state index in [-0.39, 0.29) is 80.9 Å². The Kier molecular flexibility index (Phi) is 16.2. The molecule has 5 aromatic rings. The van der Waals surface area contributed by atoms with Crippen LogP contribution in [0, 0.1) is 19.0 Å². The number of carbonyl (C=O) groups is 2. The van der Waals surface area contributed by atoms with Crippen LogP contribution in [-0.2, 0) is 54.8 Å². The van der Waals surface area contributed by atoms with Gasteiger partial charge in [-0.2, -0.15) is 13.2 Å². The zero-order valence-corrected chi connectivity index (χ0v) is 39.8. The minimum absolute atomic E-state index is 0.0195. The van der Waals surface area contributed by atoms with Crippen LogP contribution in [0.15, 0.2) is 78.9 Å². The number of hydrogen-bond donors (Lipinski definition) is 1. The second-order valence-corrected chi connectivity index (χ2v) is 17.7. The van der Waals surface area contributed by atoms with Gasteiger partial charge in [-0.25, -0.2) is 47.1 Å². The Balaban J connectivity index is 0.000000200. The summed E-state index contributed by atoms with van der Waals surface area (Å²) in [5, 5.41) is 3.44. The summed E-state index contributed by atoms with van der Waals surface area (Å²) in [6.45, 7) is 19.5. The van der Waals surface area contributed by atoms with Crippen LogP contribution in [0.2, 0.25) is 10.6 Å². The highest BCUT2D eigenvalue weighted by Gasteiger charge is 2.41. The number of nitrogens with one attached hydrogen (secondary N) is 1. The van der Waals surface area contributed by atoms with Crippen LogP contribution >= 0.6 is 23.2 Å². The molecule has 2 unspecified atom stereocenters. The van der Waals surface area contributed by atoms with Crippen molar-refractivity contribution in [2.45, 2.75) is 57.4 Å². The Labute approximate surface area is 417 Å². The fourth-order valence-electron chi connectivity index (χ4n) is 9.18. The molecule has 71 heavy (non-hydrogen) atoms. The molecule has 2 aromatic heterocycles. The van der Waals surface area contributed by atoms with Gasteiger partial charge in [-0.05, 0) is 65.8 Å². The summed E-state index contributed by atoms with van der Waals surface area (Å²) in [4.78, 5) is 58.9. The first-order valence-electron chi connectivity index (χ1n) is 22.8. The van der Waals surface area contributed by atoms with E-state index in [0.717, 1.165) is 52.8 Å². The predicted octanol–water partition coefficient (Wildman–Crippen LogP) is 8.12. The summed E-state index contributed by atoms with van der Waals surface area (Å²) in [7, 11) is 0. The van der Waals surface area contributed by atoms with E-state index in [9.17, 15) is 27.2 Å². The van der Waals surface area contributed by atoms with Gasteiger partial charge in [-0.15, -0.1) is 0 Å². The first-order valence-corrected chi connectivity index (χ1v) is 23.6. The average molecular weight is 1020 g/mol. The lowest BCUT2D eigenvalue weighted by molar-refractivity contribution is -0.139. The molecule has 2 amide bonds. The Bertz CT molecular complexity index is 2790. The van der Waals surface area contributed by atoms with Gasteiger partial charge in [-0.1, -0.05) is 66.7 Å². The molecule has 1 N–H and O–H groups in total. The van der Waals surface area contributed by atoms with Gasteiger partial charge >= 0.3 is 18.4 Å². The highest BCUT2D eigenvalue weighted by molar-refractivity contribution is 6.28. The molecule has 0 spiro atoms. The molecule has 9 rings (SSSR count). The van der Waals surface area contributed by atoms with Crippen molar-refractivity contribution in [1.29, 1.82) is 0 Å². The standard InChI is InChI=1S/C28H25ClF4N6O2.C21H23ClN6O2/c1-34-14-19-15-38(12-13-39(19)27(40)41-17-18-6-3-2-4-7-18)25-20-10-11-37(16-22(20)35-26(29)36-25)23-9-5-8-21(30)24(23)28(31,32)33;1-23-11-16-13-27(19-17-7-8-24-12-18(17)25-20(22)26-19)9-10-28(16)21(29)30-14-15-5-3-2-4-6-15/h2-9,19H,10-17H2;2-6,16,24H,7-14H2. The van der Waals surface area contributed by atoms with Crippen LogP contribution in [0.4, 0.5) is 44.5 Å². The number of rotatable bonds is 9. The Morgan fingerprint density at radius 3 is 1.72 bits per heavy atom. The van der Waals surface area contributed by atoms with Crippen molar-refractivity contribution in [2.75, 3.05) is 80.1 Å². The van der Waals surface area contributed by atoms with Gasteiger partial charge in [0.2, 0.25) is 23.7 Å². The van der Waals surface area contributed by atoms with Crippen molar-refractivity contribution >= 4 is 52.7 Å². The average Bonchev–Trinajstić information content (AvgIpc) is 3.37. The smallest absolute Gasteiger partial charge is 0.421 e. The van der Waals surface area contributed by atoms with Crippen molar-refractivity contribution in [3.8, 4) is 0 Å². The van der Waals surface area contributed by atoms with E-state index in [2.05, 4.69) is 39.8 Å². The molecule has 4 aliphatic heterocycles. The van der Waals surface area contributed by atoms with Crippen molar-refractivity contribution in [3.63, 3.8) is 0 Å². The van der Waals surface area contributed by atoms with Crippen LogP contribution in [-0.4, -0.2) is 119 Å². The summed E-state index contributed by atoms with van der Waals surface area (Å²) < 4.78 is 66.3. The van der Waals surface area contributed by atoms with Gasteiger partial charge in [0.25, 0.3) is 0 Å². The topological polar surface area (TPSA) is 141 Å². The zero-order chi connectivity index (χ0) is 50.1. The van der Waals surface area contributed by atoms with Crippen LogP contribution in [0.3, 0.4) is 0 Å². The number of ether oxygens (including phenoxy) is 2. The molecule has 0 radical (unpaired) electrons. The maximum Gasteiger partial charge on any atom is 0.421 e. The lowest BCUT2D eigenvalue weighted by Crippen LogP contribution is -2.57. The number of halogens is 6. The van der Waals surface area contributed by atoms with Gasteiger partial charge in [0.05, 0.1) is 23.6 Å². The first kappa shape index (κ1) is 50.4. The van der Waals surface area contributed by atoms with E-state index >= 15 is 0 Å². The molecule has 2 saturated heterocycles. The van der Waals surface area contributed by atoms with Gasteiger partial charge < -0.3 is 39.2 Å². The number of benzene rings is 3. The third-order valence-electron chi connectivity index (χ3n) is 12.6. The lowest BCUT2D eigenvalue weighted by atomic mass is 10.0. The SMILES string of the molecule is [C-]#[N+]CC1CN(c2nc(Cl)nc3c2CCN(c2cccc(F)c2C(F)(F)F)C3)CCN1C(=O)OCc1ccccc1.[C-]#[N+]CC1CN(c2nc(Cl)nc3c2CCNC3)CCN1C(=O)OCc1ccccc1. The lowest BCUT2D eigenvalue weighted by Gasteiger charge is -2.40. The molecule has 4 aliphatic rings. The number of alkyl halides is 3. The fourth-order valence-corrected chi connectivity index (χ4v) is 9.55. The molecule has 3 aromatic carbocycles. The van der Waals surface area contributed by atoms with Crippen molar-refractivity contribution in [2.24, 2.45) is 0 Å². The largest absolute Gasteiger partial charge is 0.445 e. The van der Waals surface area contributed by atoms with E-state index in [1.165, 1.54) is 21.9 Å². The number of amides is 2. The summed E-state index contributed by atoms with van der Waals surface area (Å²) in [6.07, 6.45) is -4.65. The van der Waals surface area contributed by atoms with Gasteiger partial charge in [0.1, 0.15) is 48.3 Å². The van der Waals surface area contributed by atoms with Crippen molar-refractivity contribution in [3.05, 3.63) is 157 Å². The van der Waals surface area contributed by atoms with E-state index in [4.69, 9.17) is 45.8 Å². The van der Waals surface area contributed by atoms with Gasteiger partial charge in [0.15, 0.2) is 0 Å². The second-order valence-electron chi connectivity index (χ2n) is 17.1. The highest BCUT2D eigenvalue weighted by atomic mass is 35.5. The molecular weight excluding hydrogens is 968 g/mol. The third-order valence-corrected chi connectivity index (χ3v) is 12.9. The van der Waals surface area contributed by atoms with Crippen LogP contribution in [0.25, 0.3) is 9.69 Å². The number of anilines is 3. The van der Waals surface area contributed by atoms with E-state index < -0.39 is 29.7 Å². The normalized spacial score (nSPS) is 17.7. The molecule has 6 heterocycles. The Morgan fingerprint density at radius 1 is 0.676 bits per heavy atom. The molecular formula is C49H48Cl2F4N12O4. The quantitative estimate of drug-likeness (QED) is 0.0867. The molecule has 370 valence electrons. The molecule has 0 bridgehead atoms. The minimum atomic E-state index is -4.87. The minimum Gasteiger partial charge on any atom is -0.445 e. The maximum absolute atomic E-state index is 14.2. The number of fused-ring (bicyclic) bond motifs is 2. The van der Waals surface area contributed by atoms with Crippen LogP contribution < -0.4 is 20.0 Å². The van der Waals surface area contributed by atoms with Crippen LogP contribution in [0.5, 0.6) is 0 Å². The van der Waals surface area contributed by atoms with E-state index in [1.54, 1.807) is 4.90 Å². The van der Waals surface area contributed by atoms with E-state index in [1.807, 2.05) is 65.6 Å². The number of aromatic nitrogens is 4. The molecule has 2 fully saturated rings. The van der Waals surface area contributed by atoms with Crippen molar-refractivity contribution in [1.82, 2.24) is 35.1 Å². The number of nitrogens with zero attached hydrogens (tertiary/aromatic N) is 11.